The molecule has 1 amide bonds. The van der Waals surface area contributed by atoms with Crippen molar-refractivity contribution in [3.05, 3.63) is 35.5 Å². The van der Waals surface area contributed by atoms with E-state index in [9.17, 15) is 9.90 Å². The number of hydrogen-bond acceptors (Lipinski definition) is 6. The highest BCUT2D eigenvalue weighted by molar-refractivity contribution is 5.97. The maximum absolute atomic E-state index is 12.0. The van der Waals surface area contributed by atoms with Gasteiger partial charge >= 0.3 is 0 Å². The third-order valence-electron chi connectivity index (χ3n) is 3.71. The molecule has 0 aliphatic carbocycles. The predicted molar refractivity (Wildman–Crippen MR) is 90.4 cm³/mol. The largest absolute Gasteiger partial charge is 0.506 e. The van der Waals surface area contributed by atoms with Gasteiger partial charge in [0.05, 0.1) is 18.9 Å². The fraction of sp³-hybridized carbons (Fsp3) is 0.412. The van der Waals surface area contributed by atoms with Crippen molar-refractivity contribution in [3.8, 4) is 11.8 Å². The van der Waals surface area contributed by atoms with Crippen LogP contribution in [0, 0.1) is 18.3 Å². The lowest BCUT2D eigenvalue weighted by Crippen LogP contribution is -2.41. The first-order chi connectivity index (χ1) is 11.6. The molecule has 0 atom stereocenters. The van der Waals surface area contributed by atoms with Crippen molar-refractivity contribution in [2.75, 3.05) is 44.7 Å². The third-order valence-corrected chi connectivity index (χ3v) is 3.71. The van der Waals surface area contributed by atoms with Gasteiger partial charge in [-0.15, -0.1) is 0 Å². The van der Waals surface area contributed by atoms with Crippen molar-refractivity contribution in [3.63, 3.8) is 0 Å². The van der Waals surface area contributed by atoms with Crippen molar-refractivity contribution in [2.24, 2.45) is 0 Å². The van der Waals surface area contributed by atoms with Gasteiger partial charge in [-0.1, -0.05) is 6.07 Å². The van der Waals surface area contributed by atoms with Gasteiger partial charge in [-0.2, -0.15) is 5.26 Å². The van der Waals surface area contributed by atoms with E-state index in [0.717, 1.165) is 25.2 Å². The van der Waals surface area contributed by atoms with Gasteiger partial charge in [0.15, 0.2) is 0 Å². The normalized spacial score (nSPS) is 15.6. The molecule has 3 N–H and O–H groups in total. The molecular weight excluding hydrogens is 308 g/mol. The Labute approximate surface area is 141 Å². The number of amides is 1. The zero-order valence-electron chi connectivity index (χ0n) is 13.7. The predicted octanol–water partition coefficient (Wildman–Crippen LogP) is 0.968. The van der Waals surface area contributed by atoms with Gasteiger partial charge in [0, 0.05) is 32.4 Å². The van der Waals surface area contributed by atoms with Crippen LogP contribution in [0.4, 0.5) is 5.69 Å². The number of nitrogens with one attached hydrogen (secondary N) is 2. The Hall–Kier alpha value is -2.56. The zero-order valence-corrected chi connectivity index (χ0v) is 13.7. The average molecular weight is 330 g/mol. The lowest BCUT2D eigenvalue weighted by atomic mass is 10.2. The number of carbonyl (C=O) groups is 1. The van der Waals surface area contributed by atoms with Crippen molar-refractivity contribution in [1.82, 2.24) is 10.2 Å². The lowest BCUT2D eigenvalue weighted by Gasteiger charge is -2.26. The molecule has 1 heterocycles. The summed E-state index contributed by atoms with van der Waals surface area (Å²) in [5.74, 6) is -0.374. The summed E-state index contributed by atoms with van der Waals surface area (Å²) in [4.78, 5) is 14.2. The van der Waals surface area contributed by atoms with Gasteiger partial charge in [0.25, 0.3) is 5.91 Å². The summed E-state index contributed by atoms with van der Waals surface area (Å²) in [5, 5.41) is 24.5. The number of morpholine rings is 1. The topological polar surface area (TPSA) is 97.6 Å². The van der Waals surface area contributed by atoms with Crippen LogP contribution in [0.2, 0.25) is 0 Å². The molecule has 1 saturated heterocycles. The molecule has 2 rings (SSSR count). The van der Waals surface area contributed by atoms with E-state index in [1.807, 2.05) is 19.1 Å². The minimum absolute atomic E-state index is 0.0445. The highest BCUT2D eigenvalue weighted by Gasteiger charge is 2.12. The van der Waals surface area contributed by atoms with Crippen molar-refractivity contribution in [1.29, 1.82) is 5.26 Å². The standard InChI is InChI=1S/C17H22N4O3/c1-13-2-3-15(16(22)10-13)20-12-14(11-18)17(23)19-4-5-21-6-8-24-9-7-21/h2-3,10,12,20,22H,4-9H2,1H3,(H,19,23)/b14-12-. The summed E-state index contributed by atoms with van der Waals surface area (Å²) < 4.78 is 5.26. The van der Waals surface area contributed by atoms with Crippen LogP contribution >= 0.6 is 0 Å². The molecule has 1 aliphatic heterocycles. The van der Waals surface area contributed by atoms with Gasteiger partial charge < -0.3 is 20.5 Å². The molecule has 1 aromatic carbocycles. The lowest BCUT2D eigenvalue weighted by molar-refractivity contribution is -0.117. The van der Waals surface area contributed by atoms with Crippen LogP contribution in [0.1, 0.15) is 5.56 Å². The number of rotatable bonds is 6. The van der Waals surface area contributed by atoms with Gasteiger partial charge in [0.1, 0.15) is 17.4 Å². The summed E-state index contributed by atoms with van der Waals surface area (Å²) in [5.41, 5.74) is 1.31. The molecule has 0 saturated carbocycles. The Balaban J connectivity index is 1.85. The van der Waals surface area contributed by atoms with Gasteiger partial charge in [-0.25, -0.2) is 0 Å². The Bertz CT molecular complexity index is 646. The van der Waals surface area contributed by atoms with Crippen LogP contribution in [-0.2, 0) is 9.53 Å². The van der Waals surface area contributed by atoms with Gasteiger partial charge in [0.2, 0.25) is 0 Å². The molecule has 0 unspecified atom stereocenters. The van der Waals surface area contributed by atoms with E-state index >= 15 is 0 Å². The van der Waals surface area contributed by atoms with Crippen molar-refractivity contribution >= 4 is 11.6 Å². The molecule has 7 heteroatoms. The van der Waals surface area contributed by atoms with E-state index in [0.29, 0.717) is 25.4 Å². The highest BCUT2D eigenvalue weighted by Crippen LogP contribution is 2.23. The second-order valence-corrected chi connectivity index (χ2v) is 5.54. The zero-order chi connectivity index (χ0) is 17.4. The number of phenols is 1. The minimum Gasteiger partial charge on any atom is -0.506 e. The van der Waals surface area contributed by atoms with Crippen LogP contribution in [0.5, 0.6) is 5.75 Å². The molecule has 128 valence electrons. The Morgan fingerprint density at radius 3 is 2.88 bits per heavy atom. The highest BCUT2D eigenvalue weighted by atomic mass is 16.5. The SMILES string of the molecule is Cc1ccc(N/C=C(/C#N)C(=O)NCCN2CCOCC2)c(O)c1. The molecule has 1 aliphatic rings. The Kier molecular flexibility index (Phi) is 6.61. The van der Waals surface area contributed by atoms with E-state index in [2.05, 4.69) is 15.5 Å². The number of aryl methyl sites for hydroxylation is 1. The summed E-state index contributed by atoms with van der Waals surface area (Å²) in [7, 11) is 0. The van der Waals surface area contributed by atoms with Crippen LogP contribution in [-0.4, -0.2) is 55.3 Å². The second kappa shape index (κ2) is 8.91. The van der Waals surface area contributed by atoms with E-state index < -0.39 is 5.91 Å². The van der Waals surface area contributed by atoms with Crippen LogP contribution in [0.25, 0.3) is 0 Å². The van der Waals surface area contributed by atoms with E-state index in [4.69, 9.17) is 10.00 Å². The maximum atomic E-state index is 12.0. The smallest absolute Gasteiger partial charge is 0.263 e. The summed E-state index contributed by atoms with van der Waals surface area (Å²) >= 11 is 0. The quantitative estimate of drug-likeness (QED) is 0.408. The van der Waals surface area contributed by atoms with E-state index in [-0.39, 0.29) is 11.3 Å². The number of hydrogen-bond donors (Lipinski definition) is 3. The number of nitrogens with zero attached hydrogens (tertiary/aromatic N) is 2. The fourth-order valence-electron chi connectivity index (χ4n) is 2.31. The molecule has 1 fully saturated rings. The first-order valence-electron chi connectivity index (χ1n) is 7.85. The number of benzene rings is 1. The number of ether oxygens (including phenoxy) is 1. The molecule has 0 spiro atoms. The average Bonchev–Trinajstić information content (AvgIpc) is 2.58. The molecule has 1 aromatic rings. The van der Waals surface area contributed by atoms with E-state index in [1.165, 1.54) is 6.20 Å². The molecule has 0 bridgehead atoms. The fourth-order valence-corrected chi connectivity index (χ4v) is 2.31. The van der Waals surface area contributed by atoms with Crippen molar-refractivity contribution in [2.45, 2.75) is 6.92 Å². The van der Waals surface area contributed by atoms with Gasteiger partial charge in [-0.3, -0.25) is 9.69 Å². The molecular formula is C17H22N4O3. The first-order valence-corrected chi connectivity index (χ1v) is 7.85. The number of carbonyl (C=O) groups excluding carboxylic acids is 1. The maximum Gasteiger partial charge on any atom is 0.263 e. The third kappa shape index (κ3) is 5.26. The molecule has 7 nitrogen and oxygen atoms in total. The van der Waals surface area contributed by atoms with Gasteiger partial charge in [-0.05, 0) is 24.6 Å². The Morgan fingerprint density at radius 1 is 1.46 bits per heavy atom. The summed E-state index contributed by atoms with van der Waals surface area (Å²) in [6.07, 6.45) is 1.30. The minimum atomic E-state index is -0.440. The van der Waals surface area contributed by atoms with E-state index in [1.54, 1.807) is 12.1 Å². The van der Waals surface area contributed by atoms with Crippen LogP contribution in [0.3, 0.4) is 0 Å². The summed E-state index contributed by atoms with van der Waals surface area (Å²) in [6.45, 7) is 6.17. The molecule has 0 radical (unpaired) electrons. The number of anilines is 1. The number of phenolic OH excluding ortho intramolecular Hbond substituents is 1. The van der Waals surface area contributed by atoms with Crippen LogP contribution < -0.4 is 10.6 Å². The summed E-state index contributed by atoms with van der Waals surface area (Å²) in [6, 6.07) is 6.98. The Morgan fingerprint density at radius 2 is 2.21 bits per heavy atom. The monoisotopic (exact) mass is 330 g/mol. The first kappa shape index (κ1) is 17.8. The molecule has 0 aromatic heterocycles. The van der Waals surface area contributed by atoms with Crippen LogP contribution in [0.15, 0.2) is 30.0 Å². The number of aromatic hydroxyl groups is 1. The van der Waals surface area contributed by atoms with Crippen molar-refractivity contribution < 1.29 is 14.6 Å². The second-order valence-electron chi connectivity index (χ2n) is 5.54. The molecule has 24 heavy (non-hydrogen) atoms. The number of nitriles is 1.